The second kappa shape index (κ2) is 6.77. The van der Waals surface area contributed by atoms with Crippen molar-refractivity contribution < 1.29 is 5.11 Å². The standard InChI is InChI=1S/C20H24ClN5O/c1-20(2,3)19-23-17(25-9-8-14(27)12-25)15-10-22-26(18(15)24-19)11-13-6-4-5-7-16(13)21/h4-7,10,14,27H,8-9,11-12H2,1-3H3/t14-/m0/s1. The number of fused-ring (bicyclic) bond motifs is 1. The highest BCUT2D eigenvalue weighted by atomic mass is 35.5. The van der Waals surface area contributed by atoms with Crippen molar-refractivity contribution in [3.8, 4) is 0 Å². The van der Waals surface area contributed by atoms with Gasteiger partial charge in [0, 0.05) is 23.5 Å². The number of benzene rings is 1. The van der Waals surface area contributed by atoms with Gasteiger partial charge in [-0.3, -0.25) is 0 Å². The van der Waals surface area contributed by atoms with E-state index >= 15 is 0 Å². The molecule has 0 aliphatic carbocycles. The van der Waals surface area contributed by atoms with Crippen LogP contribution in [0, 0.1) is 0 Å². The molecule has 1 saturated heterocycles. The van der Waals surface area contributed by atoms with Crippen molar-refractivity contribution in [3.63, 3.8) is 0 Å². The molecule has 27 heavy (non-hydrogen) atoms. The molecule has 6 nitrogen and oxygen atoms in total. The zero-order valence-corrected chi connectivity index (χ0v) is 16.6. The summed E-state index contributed by atoms with van der Waals surface area (Å²) in [5.41, 5.74) is 1.60. The lowest BCUT2D eigenvalue weighted by Crippen LogP contribution is -2.25. The largest absolute Gasteiger partial charge is 0.391 e. The second-order valence-corrected chi connectivity index (χ2v) is 8.55. The molecule has 1 atom stereocenters. The first-order valence-electron chi connectivity index (χ1n) is 9.23. The molecule has 0 saturated carbocycles. The van der Waals surface area contributed by atoms with Crippen LogP contribution >= 0.6 is 11.6 Å². The van der Waals surface area contributed by atoms with Crippen LogP contribution in [0.1, 0.15) is 38.6 Å². The van der Waals surface area contributed by atoms with Crippen molar-refractivity contribution >= 4 is 28.5 Å². The van der Waals surface area contributed by atoms with Crippen LogP contribution in [0.5, 0.6) is 0 Å². The molecule has 7 heteroatoms. The molecule has 0 radical (unpaired) electrons. The molecule has 4 rings (SSSR count). The number of halogens is 1. The third kappa shape index (κ3) is 3.51. The number of aliphatic hydroxyl groups is 1. The Kier molecular flexibility index (Phi) is 4.56. The summed E-state index contributed by atoms with van der Waals surface area (Å²) in [6.45, 7) is 8.23. The van der Waals surface area contributed by atoms with E-state index in [4.69, 9.17) is 21.6 Å². The van der Waals surface area contributed by atoms with Crippen molar-refractivity contribution in [2.75, 3.05) is 18.0 Å². The number of β-amino-alcohol motifs (C(OH)–C–C–N with tert-alkyl or cyclic N) is 1. The smallest absolute Gasteiger partial charge is 0.163 e. The summed E-state index contributed by atoms with van der Waals surface area (Å²) in [6, 6.07) is 7.78. The minimum Gasteiger partial charge on any atom is -0.391 e. The summed E-state index contributed by atoms with van der Waals surface area (Å²) < 4.78 is 1.88. The van der Waals surface area contributed by atoms with Gasteiger partial charge in [0.1, 0.15) is 11.6 Å². The van der Waals surface area contributed by atoms with E-state index in [0.29, 0.717) is 18.1 Å². The van der Waals surface area contributed by atoms with Crippen molar-refractivity contribution in [3.05, 3.63) is 46.9 Å². The second-order valence-electron chi connectivity index (χ2n) is 8.14. The fourth-order valence-electron chi connectivity index (χ4n) is 3.35. The van der Waals surface area contributed by atoms with Crippen LogP contribution in [-0.4, -0.2) is 44.0 Å². The molecule has 0 bridgehead atoms. The number of aromatic nitrogens is 4. The van der Waals surface area contributed by atoms with E-state index in [0.717, 1.165) is 41.2 Å². The quantitative estimate of drug-likeness (QED) is 0.748. The average Bonchev–Trinajstić information content (AvgIpc) is 3.22. The van der Waals surface area contributed by atoms with E-state index in [1.165, 1.54) is 0 Å². The van der Waals surface area contributed by atoms with Crippen molar-refractivity contribution in [2.45, 2.75) is 45.3 Å². The first kappa shape index (κ1) is 18.2. The Morgan fingerprint density at radius 1 is 1.22 bits per heavy atom. The number of hydrogen-bond donors (Lipinski definition) is 1. The molecule has 2 aromatic heterocycles. The zero-order chi connectivity index (χ0) is 19.2. The van der Waals surface area contributed by atoms with Gasteiger partial charge in [0.05, 0.1) is 24.2 Å². The lowest BCUT2D eigenvalue weighted by molar-refractivity contribution is 0.198. The molecule has 1 N–H and O–H groups in total. The molecule has 1 aliphatic rings. The Morgan fingerprint density at radius 2 is 2.00 bits per heavy atom. The first-order chi connectivity index (χ1) is 12.8. The molecule has 1 aliphatic heterocycles. The normalized spacial score (nSPS) is 17.8. The van der Waals surface area contributed by atoms with Crippen LogP contribution in [0.4, 0.5) is 5.82 Å². The van der Waals surface area contributed by atoms with Gasteiger partial charge in [0.2, 0.25) is 0 Å². The predicted octanol–water partition coefficient (Wildman–Crippen LogP) is 3.40. The molecule has 0 spiro atoms. The lowest BCUT2D eigenvalue weighted by Gasteiger charge is -2.22. The highest BCUT2D eigenvalue weighted by Crippen LogP contribution is 2.31. The van der Waals surface area contributed by atoms with Crippen molar-refractivity contribution in [1.82, 2.24) is 19.7 Å². The highest BCUT2D eigenvalue weighted by Gasteiger charge is 2.28. The maximum absolute atomic E-state index is 9.97. The van der Waals surface area contributed by atoms with E-state index in [1.807, 2.05) is 35.1 Å². The molecule has 142 valence electrons. The minimum atomic E-state index is -0.314. The van der Waals surface area contributed by atoms with Gasteiger partial charge in [-0.15, -0.1) is 0 Å². The van der Waals surface area contributed by atoms with Crippen LogP contribution in [-0.2, 0) is 12.0 Å². The lowest BCUT2D eigenvalue weighted by atomic mass is 9.95. The number of rotatable bonds is 3. The van der Waals surface area contributed by atoms with E-state index in [2.05, 4.69) is 30.8 Å². The number of anilines is 1. The number of aliphatic hydroxyl groups excluding tert-OH is 1. The van der Waals surface area contributed by atoms with E-state index < -0.39 is 0 Å². The summed E-state index contributed by atoms with van der Waals surface area (Å²) in [4.78, 5) is 11.8. The van der Waals surface area contributed by atoms with Gasteiger partial charge in [-0.2, -0.15) is 5.10 Å². The molecular formula is C20H24ClN5O. The van der Waals surface area contributed by atoms with Crippen LogP contribution in [0.3, 0.4) is 0 Å². The molecule has 3 aromatic rings. The Balaban J connectivity index is 1.84. The highest BCUT2D eigenvalue weighted by molar-refractivity contribution is 6.31. The van der Waals surface area contributed by atoms with Gasteiger partial charge in [-0.1, -0.05) is 50.6 Å². The van der Waals surface area contributed by atoms with Gasteiger partial charge in [0.25, 0.3) is 0 Å². The van der Waals surface area contributed by atoms with E-state index in [1.54, 1.807) is 0 Å². The van der Waals surface area contributed by atoms with Gasteiger partial charge in [-0.05, 0) is 18.1 Å². The fraction of sp³-hybridized carbons (Fsp3) is 0.450. The van der Waals surface area contributed by atoms with Gasteiger partial charge < -0.3 is 10.0 Å². The fourth-order valence-corrected chi connectivity index (χ4v) is 3.55. The Bertz CT molecular complexity index is 978. The van der Waals surface area contributed by atoms with E-state index in [9.17, 15) is 5.11 Å². The summed E-state index contributed by atoms with van der Waals surface area (Å²) >= 11 is 6.34. The van der Waals surface area contributed by atoms with Gasteiger partial charge in [-0.25, -0.2) is 14.6 Å². The first-order valence-corrected chi connectivity index (χ1v) is 9.61. The Hall–Kier alpha value is -2.18. The zero-order valence-electron chi connectivity index (χ0n) is 15.9. The molecule has 1 aromatic carbocycles. The SMILES string of the molecule is CC(C)(C)c1nc(N2CC[C@H](O)C2)c2cnn(Cc3ccccc3Cl)c2n1. The summed E-state index contributed by atoms with van der Waals surface area (Å²) in [7, 11) is 0. The topological polar surface area (TPSA) is 67.1 Å². The van der Waals surface area contributed by atoms with Crippen molar-refractivity contribution in [2.24, 2.45) is 0 Å². The maximum Gasteiger partial charge on any atom is 0.163 e. The summed E-state index contributed by atoms with van der Waals surface area (Å²) in [6.07, 6.45) is 2.26. The van der Waals surface area contributed by atoms with Gasteiger partial charge >= 0.3 is 0 Å². The third-order valence-corrected chi connectivity index (χ3v) is 5.26. The number of nitrogens with zero attached hydrogens (tertiary/aromatic N) is 5. The van der Waals surface area contributed by atoms with Crippen LogP contribution in [0.25, 0.3) is 11.0 Å². The summed E-state index contributed by atoms with van der Waals surface area (Å²) in [5.74, 6) is 1.62. The average molecular weight is 386 g/mol. The van der Waals surface area contributed by atoms with Crippen LogP contribution in [0.2, 0.25) is 5.02 Å². The van der Waals surface area contributed by atoms with Crippen LogP contribution in [0.15, 0.2) is 30.5 Å². The molecular weight excluding hydrogens is 362 g/mol. The maximum atomic E-state index is 9.97. The Morgan fingerprint density at radius 3 is 2.67 bits per heavy atom. The minimum absolute atomic E-state index is 0.194. The molecule has 0 amide bonds. The predicted molar refractivity (Wildman–Crippen MR) is 107 cm³/mol. The molecule has 0 unspecified atom stereocenters. The monoisotopic (exact) mass is 385 g/mol. The summed E-state index contributed by atoms with van der Waals surface area (Å²) in [5, 5.41) is 16.2. The van der Waals surface area contributed by atoms with E-state index in [-0.39, 0.29) is 11.5 Å². The molecule has 3 heterocycles. The Labute approximate surface area is 163 Å². The van der Waals surface area contributed by atoms with Gasteiger partial charge in [0.15, 0.2) is 5.65 Å². The third-order valence-electron chi connectivity index (χ3n) is 4.89. The van der Waals surface area contributed by atoms with Crippen LogP contribution < -0.4 is 4.90 Å². The molecule has 1 fully saturated rings. The number of hydrogen-bond acceptors (Lipinski definition) is 5. The van der Waals surface area contributed by atoms with Crippen molar-refractivity contribution in [1.29, 1.82) is 0 Å².